The molecule has 1 aromatic rings. The van der Waals surface area contributed by atoms with Crippen LogP contribution >= 0.6 is 11.6 Å². The van der Waals surface area contributed by atoms with Gasteiger partial charge in [-0.25, -0.2) is 0 Å². The summed E-state index contributed by atoms with van der Waals surface area (Å²) >= 11 is 6.16. The molecule has 82 valence electrons. The highest BCUT2D eigenvalue weighted by Gasteiger charge is 2.09. The Morgan fingerprint density at radius 1 is 1.53 bits per heavy atom. The van der Waals surface area contributed by atoms with Crippen LogP contribution in [0.1, 0.15) is 18.0 Å². The van der Waals surface area contributed by atoms with Gasteiger partial charge < -0.3 is 10.6 Å². The predicted octanol–water partition coefficient (Wildman–Crippen LogP) is 2.98. The Morgan fingerprint density at radius 2 is 2.20 bits per heavy atom. The van der Waals surface area contributed by atoms with Gasteiger partial charge in [-0.1, -0.05) is 23.7 Å². The Morgan fingerprint density at radius 3 is 2.67 bits per heavy atom. The first-order chi connectivity index (χ1) is 7.06. The molecule has 15 heavy (non-hydrogen) atoms. The third kappa shape index (κ3) is 2.98. The number of hydrogen-bond donors (Lipinski definition) is 1. The van der Waals surface area contributed by atoms with E-state index in [9.17, 15) is 0 Å². The summed E-state index contributed by atoms with van der Waals surface area (Å²) in [6.45, 7) is 3.67. The average molecular weight is 225 g/mol. The highest BCUT2D eigenvalue weighted by atomic mass is 35.5. The van der Waals surface area contributed by atoms with Crippen LogP contribution in [0, 0.1) is 0 Å². The van der Waals surface area contributed by atoms with Crippen molar-refractivity contribution in [1.29, 1.82) is 0 Å². The van der Waals surface area contributed by atoms with Crippen LogP contribution in [0.2, 0.25) is 5.02 Å². The molecule has 0 aliphatic heterocycles. The summed E-state index contributed by atoms with van der Waals surface area (Å²) < 4.78 is 0. The molecule has 0 spiro atoms. The fourth-order valence-electron chi connectivity index (χ4n) is 1.40. The molecule has 0 unspecified atom stereocenters. The maximum atomic E-state index is 6.16. The van der Waals surface area contributed by atoms with E-state index in [-0.39, 0.29) is 6.04 Å². The quantitative estimate of drug-likeness (QED) is 0.797. The maximum Gasteiger partial charge on any atom is 0.0474 e. The first-order valence-corrected chi connectivity index (χ1v) is 5.27. The Bertz CT molecular complexity index is 347. The second-order valence-electron chi connectivity index (χ2n) is 3.73. The second kappa shape index (κ2) is 5.19. The number of anilines is 1. The van der Waals surface area contributed by atoms with Gasteiger partial charge >= 0.3 is 0 Å². The highest BCUT2D eigenvalue weighted by Crippen LogP contribution is 2.27. The van der Waals surface area contributed by atoms with Crippen LogP contribution in [0.4, 0.5) is 5.69 Å². The van der Waals surface area contributed by atoms with Gasteiger partial charge in [0.15, 0.2) is 0 Å². The molecule has 0 saturated carbocycles. The first kappa shape index (κ1) is 12.1. The number of nitrogens with zero attached hydrogens (tertiary/aromatic N) is 1. The minimum atomic E-state index is -0.0637. The molecule has 0 aliphatic rings. The molecule has 1 atom stereocenters. The van der Waals surface area contributed by atoms with Gasteiger partial charge in [-0.2, -0.15) is 0 Å². The SMILES string of the molecule is C=CC[C@H](N)c1ccc(N(C)C)cc1Cl. The van der Waals surface area contributed by atoms with E-state index in [1.165, 1.54) is 0 Å². The molecule has 0 fully saturated rings. The second-order valence-corrected chi connectivity index (χ2v) is 4.14. The van der Waals surface area contributed by atoms with E-state index < -0.39 is 0 Å². The van der Waals surface area contributed by atoms with Crippen LogP contribution in [0.5, 0.6) is 0 Å². The van der Waals surface area contributed by atoms with Crippen molar-refractivity contribution >= 4 is 17.3 Å². The molecular weight excluding hydrogens is 208 g/mol. The fraction of sp³-hybridized carbons (Fsp3) is 0.333. The topological polar surface area (TPSA) is 29.3 Å². The summed E-state index contributed by atoms with van der Waals surface area (Å²) in [5.74, 6) is 0. The van der Waals surface area contributed by atoms with Crippen molar-refractivity contribution in [2.75, 3.05) is 19.0 Å². The summed E-state index contributed by atoms with van der Waals surface area (Å²) in [5, 5.41) is 0.718. The Hall–Kier alpha value is -0.990. The number of hydrogen-bond acceptors (Lipinski definition) is 2. The zero-order valence-corrected chi connectivity index (χ0v) is 9.96. The van der Waals surface area contributed by atoms with E-state index in [4.69, 9.17) is 17.3 Å². The zero-order valence-electron chi connectivity index (χ0n) is 9.20. The Kier molecular flexibility index (Phi) is 4.18. The summed E-state index contributed by atoms with van der Waals surface area (Å²) in [6, 6.07) is 5.86. The Labute approximate surface area is 96.3 Å². The normalized spacial score (nSPS) is 12.3. The highest BCUT2D eigenvalue weighted by molar-refractivity contribution is 6.31. The van der Waals surface area contributed by atoms with Crippen LogP contribution in [-0.4, -0.2) is 14.1 Å². The van der Waals surface area contributed by atoms with Gasteiger partial charge in [-0.3, -0.25) is 0 Å². The van der Waals surface area contributed by atoms with Crippen LogP contribution < -0.4 is 10.6 Å². The number of rotatable bonds is 4. The lowest BCUT2D eigenvalue weighted by Gasteiger charge is -2.16. The van der Waals surface area contributed by atoms with Crippen molar-refractivity contribution in [1.82, 2.24) is 0 Å². The molecule has 0 aromatic heterocycles. The summed E-state index contributed by atoms with van der Waals surface area (Å²) in [7, 11) is 3.96. The van der Waals surface area contributed by atoms with Crippen molar-refractivity contribution in [2.24, 2.45) is 5.73 Å². The van der Waals surface area contributed by atoms with Crippen LogP contribution in [0.3, 0.4) is 0 Å². The van der Waals surface area contributed by atoms with Crippen molar-refractivity contribution in [2.45, 2.75) is 12.5 Å². The monoisotopic (exact) mass is 224 g/mol. The van der Waals surface area contributed by atoms with Crippen molar-refractivity contribution in [3.63, 3.8) is 0 Å². The van der Waals surface area contributed by atoms with E-state index >= 15 is 0 Å². The smallest absolute Gasteiger partial charge is 0.0474 e. The zero-order chi connectivity index (χ0) is 11.4. The third-order valence-corrected chi connectivity index (χ3v) is 2.65. The Balaban J connectivity index is 2.97. The summed E-state index contributed by atoms with van der Waals surface area (Å²) in [4.78, 5) is 2.01. The molecule has 0 bridgehead atoms. The van der Waals surface area contributed by atoms with Crippen molar-refractivity contribution in [3.05, 3.63) is 41.4 Å². The van der Waals surface area contributed by atoms with E-state index in [1.807, 2.05) is 37.2 Å². The number of nitrogens with two attached hydrogens (primary N) is 1. The van der Waals surface area contributed by atoms with Gasteiger partial charge in [0.1, 0.15) is 0 Å². The summed E-state index contributed by atoms with van der Waals surface area (Å²) in [6.07, 6.45) is 2.54. The minimum absolute atomic E-state index is 0.0637. The lowest BCUT2D eigenvalue weighted by molar-refractivity contribution is 0.742. The molecule has 1 rings (SSSR count). The van der Waals surface area contributed by atoms with E-state index in [1.54, 1.807) is 6.08 Å². The predicted molar refractivity (Wildman–Crippen MR) is 67.5 cm³/mol. The molecule has 0 amide bonds. The van der Waals surface area contributed by atoms with E-state index in [0.29, 0.717) is 0 Å². The lowest BCUT2D eigenvalue weighted by atomic mass is 10.0. The molecule has 2 nitrogen and oxygen atoms in total. The van der Waals surface area contributed by atoms with Gasteiger partial charge in [0.2, 0.25) is 0 Å². The van der Waals surface area contributed by atoms with Gasteiger partial charge in [0.25, 0.3) is 0 Å². The summed E-state index contributed by atoms with van der Waals surface area (Å²) in [5.41, 5.74) is 8.02. The van der Waals surface area contributed by atoms with Gasteiger partial charge in [0.05, 0.1) is 0 Å². The number of benzene rings is 1. The standard InChI is InChI=1S/C12H17ClN2/c1-4-5-12(14)10-7-6-9(15(2)3)8-11(10)13/h4,6-8,12H,1,5,14H2,2-3H3/t12-/m0/s1. The minimum Gasteiger partial charge on any atom is -0.378 e. The molecule has 1 aromatic carbocycles. The lowest BCUT2D eigenvalue weighted by Crippen LogP contribution is -2.12. The molecular formula is C12H17ClN2. The van der Waals surface area contributed by atoms with E-state index in [2.05, 4.69) is 6.58 Å². The fourth-order valence-corrected chi connectivity index (χ4v) is 1.72. The van der Waals surface area contributed by atoms with Crippen molar-refractivity contribution in [3.8, 4) is 0 Å². The largest absolute Gasteiger partial charge is 0.378 e. The van der Waals surface area contributed by atoms with Crippen LogP contribution in [0.15, 0.2) is 30.9 Å². The average Bonchev–Trinajstić information content (AvgIpc) is 2.17. The first-order valence-electron chi connectivity index (χ1n) is 4.89. The molecule has 0 heterocycles. The molecule has 0 radical (unpaired) electrons. The van der Waals surface area contributed by atoms with Gasteiger partial charge in [0, 0.05) is 30.8 Å². The van der Waals surface area contributed by atoms with Crippen LogP contribution in [0.25, 0.3) is 0 Å². The van der Waals surface area contributed by atoms with Gasteiger partial charge in [-0.15, -0.1) is 6.58 Å². The number of halogens is 1. The third-order valence-electron chi connectivity index (χ3n) is 2.32. The van der Waals surface area contributed by atoms with Gasteiger partial charge in [-0.05, 0) is 24.1 Å². The molecule has 3 heteroatoms. The molecule has 2 N–H and O–H groups in total. The van der Waals surface area contributed by atoms with Crippen molar-refractivity contribution < 1.29 is 0 Å². The van der Waals surface area contributed by atoms with E-state index in [0.717, 1.165) is 22.7 Å². The molecule has 0 saturated heterocycles. The maximum absolute atomic E-state index is 6.16. The molecule has 0 aliphatic carbocycles. The van der Waals surface area contributed by atoms with Crippen LogP contribution in [-0.2, 0) is 0 Å².